The largest absolute Gasteiger partial charge is 0.463 e. The number of ether oxygens (including phenoxy) is 1. The molecule has 0 radical (unpaired) electrons. The molecular formula is C38H35F3N2O4. The molecule has 0 bridgehead atoms. The van der Waals surface area contributed by atoms with Crippen molar-refractivity contribution in [1.29, 1.82) is 0 Å². The van der Waals surface area contributed by atoms with Gasteiger partial charge in [-0.3, -0.25) is 9.59 Å². The Morgan fingerprint density at radius 1 is 0.894 bits per heavy atom. The van der Waals surface area contributed by atoms with Crippen LogP contribution in [0.25, 0.3) is 0 Å². The van der Waals surface area contributed by atoms with E-state index in [4.69, 9.17) is 4.74 Å². The number of nitrogens with zero attached hydrogens (tertiary/aromatic N) is 1. The number of benzene rings is 4. The molecular weight excluding hydrogens is 605 g/mol. The van der Waals surface area contributed by atoms with E-state index in [-0.39, 0.29) is 43.0 Å². The van der Waals surface area contributed by atoms with Gasteiger partial charge in [-0.05, 0) is 66.8 Å². The Morgan fingerprint density at radius 3 is 2.17 bits per heavy atom. The van der Waals surface area contributed by atoms with Crippen LogP contribution in [0.3, 0.4) is 0 Å². The zero-order chi connectivity index (χ0) is 33.6. The number of carbonyl (C=O) groups excluding carboxylic acids is 3. The van der Waals surface area contributed by atoms with E-state index in [0.29, 0.717) is 28.8 Å². The van der Waals surface area contributed by atoms with Crippen molar-refractivity contribution >= 4 is 17.8 Å². The van der Waals surface area contributed by atoms with Crippen molar-refractivity contribution in [2.45, 2.75) is 51.4 Å². The molecule has 242 valence electrons. The summed E-state index contributed by atoms with van der Waals surface area (Å²) in [6.45, 7) is 3.46. The van der Waals surface area contributed by atoms with Crippen LogP contribution in [0.5, 0.6) is 0 Å². The predicted molar refractivity (Wildman–Crippen MR) is 172 cm³/mol. The Kier molecular flexibility index (Phi) is 10.2. The molecule has 1 aliphatic heterocycles. The van der Waals surface area contributed by atoms with E-state index in [1.807, 2.05) is 60.7 Å². The van der Waals surface area contributed by atoms with Gasteiger partial charge in [-0.25, -0.2) is 4.79 Å². The summed E-state index contributed by atoms with van der Waals surface area (Å²) < 4.78 is 44.9. The second-order valence-corrected chi connectivity index (χ2v) is 11.4. The fourth-order valence-electron chi connectivity index (χ4n) is 5.89. The first-order valence-electron chi connectivity index (χ1n) is 15.4. The van der Waals surface area contributed by atoms with Gasteiger partial charge in [0.2, 0.25) is 5.91 Å². The molecule has 0 saturated heterocycles. The highest BCUT2D eigenvalue weighted by molar-refractivity contribution is 5.96. The van der Waals surface area contributed by atoms with Gasteiger partial charge in [0.25, 0.3) is 5.91 Å². The third-order valence-electron chi connectivity index (χ3n) is 8.28. The molecule has 1 aliphatic rings. The van der Waals surface area contributed by atoms with E-state index in [9.17, 15) is 27.6 Å². The number of nitrogens with one attached hydrogen (secondary N) is 1. The minimum absolute atomic E-state index is 0.0839. The maximum absolute atomic E-state index is 13.6. The van der Waals surface area contributed by atoms with E-state index >= 15 is 0 Å². The number of hydrogen-bond acceptors (Lipinski definition) is 4. The number of halogens is 3. The zero-order valence-corrected chi connectivity index (χ0v) is 26.1. The van der Waals surface area contributed by atoms with Gasteiger partial charge >= 0.3 is 12.1 Å². The number of amides is 2. The Labute approximate surface area is 271 Å². The van der Waals surface area contributed by atoms with Gasteiger partial charge in [0.05, 0.1) is 30.3 Å². The smallest absolute Gasteiger partial charge is 0.416 e. The van der Waals surface area contributed by atoms with Crippen molar-refractivity contribution in [2.24, 2.45) is 0 Å². The van der Waals surface area contributed by atoms with Crippen LogP contribution >= 0.6 is 0 Å². The zero-order valence-electron chi connectivity index (χ0n) is 26.1. The molecule has 6 nitrogen and oxygen atoms in total. The molecule has 0 spiro atoms. The summed E-state index contributed by atoms with van der Waals surface area (Å²) in [5.41, 5.74) is 3.29. The predicted octanol–water partition coefficient (Wildman–Crippen LogP) is 7.77. The van der Waals surface area contributed by atoms with Gasteiger partial charge < -0.3 is 15.0 Å². The molecule has 5 rings (SSSR count). The highest BCUT2D eigenvalue weighted by Gasteiger charge is 2.38. The molecule has 0 aromatic heterocycles. The number of hydrogen-bond donors (Lipinski definition) is 1. The second kappa shape index (κ2) is 14.5. The molecule has 4 aromatic carbocycles. The summed E-state index contributed by atoms with van der Waals surface area (Å²) in [5.74, 6) is -1.98. The van der Waals surface area contributed by atoms with E-state index in [1.165, 1.54) is 17.0 Å². The van der Waals surface area contributed by atoms with Crippen LogP contribution < -0.4 is 5.32 Å². The summed E-state index contributed by atoms with van der Waals surface area (Å²) >= 11 is 0. The Bertz CT molecular complexity index is 1750. The number of rotatable bonds is 10. The Morgan fingerprint density at radius 2 is 1.53 bits per heavy atom. The van der Waals surface area contributed by atoms with Crippen LogP contribution in [0.1, 0.15) is 70.4 Å². The lowest BCUT2D eigenvalue weighted by Gasteiger charge is -2.34. The van der Waals surface area contributed by atoms with E-state index < -0.39 is 23.6 Å². The lowest BCUT2D eigenvalue weighted by Crippen LogP contribution is -2.38. The van der Waals surface area contributed by atoms with Gasteiger partial charge in [-0.1, -0.05) is 84.9 Å². The monoisotopic (exact) mass is 640 g/mol. The molecule has 1 heterocycles. The molecule has 1 N–H and O–H groups in total. The maximum atomic E-state index is 13.6. The molecule has 0 saturated carbocycles. The van der Waals surface area contributed by atoms with Crippen LogP contribution in [0.2, 0.25) is 0 Å². The van der Waals surface area contributed by atoms with E-state index in [1.54, 1.807) is 38.1 Å². The summed E-state index contributed by atoms with van der Waals surface area (Å²) in [6.07, 6.45) is -4.04. The fraction of sp³-hybridized carbons (Fsp3) is 0.237. The number of alkyl halides is 3. The second-order valence-electron chi connectivity index (χ2n) is 11.4. The third-order valence-corrected chi connectivity index (χ3v) is 8.28. The molecule has 4 aromatic rings. The van der Waals surface area contributed by atoms with Crippen molar-refractivity contribution in [1.82, 2.24) is 10.2 Å². The average Bonchev–Trinajstić information content (AvgIpc) is 3.07. The lowest BCUT2D eigenvalue weighted by atomic mass is 9.83. The third kappa shape index (κ3) is 7.98. The Balaban J connectivity index is 1.39. The minimum Gasteiger partial charge on any atom is -0.463 e. The van der Waals surface area contributed by atoms with Gasteiger partial charge in [0.1, 0.15) is 0 Å². The average molecular weight is 641 g/mol. The highest BCUT2D eigenvalue weighted by atomic mass is 19.4. The maximum Gasteiger partial charge on any atom is 0.416 e. The van der Waals surface area contributed by atoms with Crippen molar-refractivity contribution in [3.05, 3.63) is 154 Å². The topological polar surface area (TPSA) is 75.7 Å². The van der Waals surface area contributed by atoms with Crippen molar-refractivity contribution < 1.29 is 32.3 Å². The Hall–Kier alpha value is -5.18. The van der Waals surface area contributed by atoms with Gasteiger partial charge in [-0.15, -0.1) is 0 Å². The summed E-state index contributed by atoms with van der Waals surface area (Å²) in [4.78, 5) is 41.7. The van der Waals surface area contributed by atoms with E-state index in [2.05, 4.69) is 5.32 Å². The first-order chi connectivity index (χ1) is 22.5. The summed E-state index contributed by atoms with van der Waals surface area (Å²) in [7, 11) is 0. The van der Waals surface area contributed by atoms with Gasteiger partial charge in [0, 0.05) is 23.6 Å². The van der Waals surface area contributed by atoms with Crippen LogP contribution in [0.4, 0.5) is 13.2 Å². The first kappa shape index (κ1) is 33.2. The minimum atomic E-state index is -4.51. The van der Waals surface area contributed by atoms with Crippen LogP contribution in [0.15, 0.2) is 120 Å². The van der Waals surface area contributed by atoms with Crippen LogP contribution in [0, 0.1) is 0 Å². The van der Waals surface area contributed by atoms with Gasteiger partial charge in [-0.2, -0.15) is 13.2 Å². The van der Waals surface area contributed by atoms with E-state index in [0.717, 1.165) is 23.3 Å². The quantitative estimate of drug-likeness (QED) is 0.180. The first-order valence-corrected chi connectivity index (χ1v) is 15.4. The molecule has 47 heavy (non-hydrogen) atoms. The number of carbonyl (C=O) groups is 3. The normalized spacial score (nSPS) is 15.7. The van der Waals surface area contributed by atoms with Crippen molar-refractivity contribution in [2.75, 3.05) is 6.61 Å². The summed E-state index contributed by atoms with van der Waals surface area (Å²) in [6, 6.07) is 30.8. The standard InChI is InChI=1S/C38H35F3N2O4/c1-3-47-37(46)35-25(2)43(34(44)23-32(35)28-17-19-31(20-18-28)38(39,40)41)24-27-13-10-16-30(21-27)36(45)42-33(29-14-8-5-9-15-29)22-26-11-6-4-7-12-26/h4-21,32-33H,3,22-24H2,1-2H3,(H,42,45)/t32-,33-/m1/s1. The molecule has 2 atom stereocenters. The fourth-order valence-corrected chi connectivity index (χ4v) is 5.89. The number of allylic oxidation sites excluding steroid dienone is 1. The SMILES string of the molecule is CCOC(=O)C1=C(C)N(Cc2cccc(C(=O)N[C@H](Cc3ccccc3)c3ccccc3)c2)C(=O)C[C@@H]1c1ccc(C(F)(F)F)cc1. The van der Waals surface area contributed by atoms with Crippen LogP contribution in [-0.2, 0) is 33.5 Å². The number of esters is 1. The van der Waals surface area contributed by atoms with Gasteiger partial charge in [0.15, 0.2) is 0 Å². The molecule has 2 amide bonds. The molecule has 0 fully saturated rings. The summed E-state index contributed by atoms with van der Waals surface area (Å²) in [5, 5.41) is 3.16. The molecule has 0 aliphatic carbocycles. The van der Waals surface area contributed by atoms with Crippen molar-refractivity contribution in [3.8, 4) is 0 Å². The van der Waals surface area contributed by atoms with Crippen molar-refractivity contribution in [3.63, 3.8) is 0 Å². The molecule has 9 heteroatoms. The van der Waals surface area contributed by atoms with Crippen LogP contribution in [-0.4, -0.2) is 29.3 Å². The lowest BCUT2D eigenvalue weighted by molar-refractivity contribution is -0.140. The highest BCUT2D eigenvalue weighted by Crippen LogP contribution is 2.39. The molecule has 0 unspecified atom stereocenters.